The van der Waals surface area contributed by atoms with Gasteiger partial charge in [0.1, 0.15) is 11.6 Å². The number of rotatable bonds is 7. The van der Waals surface area contributed by atoms with Crippen LogP contribution in [0.3, 0.4) is 0 Å². The van der Waals surface area contributed by atoms with E-state index in [9.17, 15) is 13.2 Å². The molecular weight excluding hydrogens is 470 g/mol. The topological polar surface area (TPSA) is 138 Å². The fraction of sp³-hybridized carbons (Fsp3) is 0.609. The van der Waals surface area contributed by atoms with Crippen molar-refractivity contribution in [2.45, 2.75) is 76.3 Å². The Kier molecular flexibility index (Phi) is 6.55. The summed E-state index contributed by atoms with van der Waals surface area (Å²) >= 11 is 0. The Morgan fingerprint density at radius 2 is 1.91 bits per heavy atom. The first kappa shape index (κ1) is 24.2. The number of carbonyl (C=O) groups excluding carboxylic acids is 1. The highest BCUT2D eigenvalue weighted by Gasteiger charge is 2.46. The molecule has 5 heterocycles. The van der Waals surface area contributed by atoms with Gasteiger partial charge < -0.3 is 15.4 Å². The molecule has 0 amide bonds. The van der Waals surface area contributed by atoms with E-state index in [-0.39, 0.29) is 30.0 Å². The molecular formula is C23H33N7O4S. The third kappa shape index (κ3) is 4.80. The minimum atomic E-state index is -3.23. The van der Waals surface area contributed by atoms with E-state index < -0.39 is 16.0 Å². The van der Waals surface area contributed by atoms with Crippen molar-refractivity contribution in [2.24, 2.45) is 0 Å². The molecule has 5 rings (SSSR count). The van der Waals surface area contributed by atoms with Crippen molar-refractivity contribution >= 4 is 38.5 Å². The summed E-state index contributed by atoms with van der Waals surface area (Å²) < 4.78 is 31.9. The smallest absolute Gasteiger partial charge is 0.339 e. The fourth-order valence-corrected chi connectivity index (χ4v) is 7.16. The van der Waals surface area contributed by atoms with Gasteiger partial charge in [-0.15, -0.1) is 0 Å². The van der Waals surface area contributed by atoms with Gasteiger partial charge in [0, 0.05) is 41.8 Å². The first-order chi connectivity index (χ1) is 16.8. The molecule has 0 radical (unpaired) electrons. The SMILES string of the molecule is CCS(=O)(=O)N1[C@@H]2CC[C@H]1CC(Nc1nc(NC3CC(C)NN3)cc3ncc(C(=O)OC)cc13)C2. The highest BCUT2D eigenvalue weighted by molar-refractivity contribution is 7.89. The van der Waals surface area contributed by atoms with Crippen LogP contribution in [-0.2, 0) is 14.8 Å². The van der Waals surface area contributed by atoms with Crippen molar-refractivity contribution in [3.05, 3.63) is 23.9 Å². The summed E-state index contributed by atoms with van der Waals surface area (Å²) in [6.07, 6.45) is 5.61. The molecule has 3 saturated heterocycles. The van der Waals surface area contributed by atoms with Crippen LogP contribution in [0.15, 0.2) is 18.3 Å². The maximum absolute atomic E-state index is 12.6. The molecule has 4 N–H and O–H groups in total. The van der Waals surface area contributed by atoms with Gasteiger partial charge in [0.25, 0.3) is 0 Å². The molecule has 11 nitrogen and oxygen atoms in total. The minimum Gasteiger partial charge on any atom is -0.465 e. The molecule has 2 bridgehead atoms. The Balaban J connectivity index is 1.45. The summed E-state index contributed by atoms with van der Waals surface area (Å²) in [5.74, 6) is 0.959. The van der Waals surface area contributed by atoms with Gasteiger partial charge in [0.05, 0.1) is 30.1 Å². The molecule has 3 unspecified atom stereocenters. The van der Waals surface area contributed by atoms with E-state index in [4.69, 9.17) is 9.72 Å². The number of aromatic nitrogens is 2. The normalized spacial score (nSPS) is 28.8. The zero-order chi connectivity index (χ0) is 24.7. The fourth-order valence-electron chi connectivity index (χ4n) is 5.57. The average Bonchev–Trinajstić information content (AvgIpc) is 3.38. The molecule has 0 spiro atoms. The second-order valence-corrected chi connectivity index (χ2v) is 11.9. The quantitative estimate of drug-likeness (QED) is 0.414. The predicted molar refractivity (Wildman–Crippen MR) is 133 cm³/mol. The number of sulfonamides is 1. The van der Waals surface area contributed by atoms with Gasteiger partial charge >= 0.3 is 5.97 Å². The zero-order valence-corrected chi connectivity index (χ0v) is 21.1. The van der Waals surface area contributed by atoms with Crippen LogP contribution < -0.4 is 21.5 Å². The summed E-state index contributed by atoms with van der Waals surface area (Å²) in [6, 6.07) is 4.02. The number of nitrogens with zero attached hydrogens (tertiary/aromatic N) is 3. The number of esters is 1. The van der Waals surface area contributed by atoms with E-state index in [1.807, 2.05) is 6.07 Å². The number of pyridine rings is 2. The van der Waals surface area contributed by atoms with Gasteiger partial charge in [-0.2, -0.15) is 4.31 Å². The molecule has 0 saturated carbocycles. The maximum Gasteiger partial charge on any atom is 0.339 e. The Bertz CT molecular complexity index is 1210. The standard InChI is InChI=1S/C23H33N7O4S/c1-4-35(32,33)30-16-5-6-17(30)10-15(9-16)25-22-18-8-14(23(31)34-3)12-24-19(18)11-20(27-22)26-21-7-13(2)28-29-21/h8,11-13,15-17,21,28-29H,4-7,9-10H2,1-3H3,(H2,25,26,27)/t13?,15?,16-,17+,21?. The number of piperidine rings is 1. The van der Waals surface area contributed by atoms with Crippen LogP contribution in [0.25, 0.3) is 10.9 Å². The highest BCUT2D eigenvalue weighted by atomic mass is 32.2. The lowest BCUT2D eigenvalue weighted by molar-refractivity contribution is 0.0600. The summed E-state index contributed by atoms with van der Waals surface area (Å²) in [7, 11) is -1.88. The molecule has 0 aromatic carbocycles. The van der Waals surface area contributed by atoms with Crippen molar-refractivity contribution in [2.75, 3.05) is 23.5 Å². The van der Waals surface area contributed by atoms with Gasteiger partial charge in [-0.1, -0.05) is 0 Å². The van der Waals surface area contributed by atoms with Gasteiger partial charge in [-0.3, -0.25) is 10.4 Å². The number of hydrogen-bond acceptors (Lipinski definition) is 10. The van der Waals surface area contributed by atoms with Crippen molar-refractivity contribution in [1.29, 1.82) is 0 Å². The molecule has 2 aromatic rings. The lowest BCUT2D eigenvalue weighted by Crippen LogP contribution is -2.50. The van der Waals surface area contributed by atoms with Crippen LogP contribution in [0, 0.1) is 0 Å². The van der Waals surface area contributed by atoms with Crippen molar-refractivity contribution in [1.82, 2.24) is 25.1 Å². The van der Waals surface area contributed by atoms with Gasteiger partial charge in [0.15, 0.2) is 0 Å². The summed E-state index contributed by atoms with van der Waals surface area (Å²) in [5.41, 5.74) is 7.46. The second kappa shape index (κ2) is 9.49. The number of anilines is 2. The van der Waals surface area contributed by atoms with Crippen LogP contribution in [0.2, 0.25) is 0 Å². The van der Waals surface area contributed by atoms with Gasteiger partial charge in [-0.25, -0.2) is 23.6 Å². The van der Waals surface area contributed by atoms with E-state index in [1.165, 1.54) is 13.3 Å². The number of ether oxygens (including phenoxy) is 1. The minimum absolute atomic E-state index is 0.00257. The van der Waals surface area contributed by atoms with E-state index in [0.29, 0.717) is 41.6 Å². The van der Waals surface area contributed by atoms with E-state index >= 15 is 0 Å². The molecule has 3 fully saturated rings. The molecule has 2 aromatic heterocycles. The van der Waals surface area contributed by atoms with Crippen molar-refractivity contribution < 1.29 is 17.9 Å². The molecule has 5 atom stereocenters. The Labute approximate surface area is 205 Å². The van der Waals surface area contributed by atoms with Crippen LogP contribution in [0.1, 0.15) is 56.3 Å². The van der Waals surface area contributed by atoms with Crippen LogP contribution >= 0.6 is 0 Å². The number of hydrazine groups is 1. The van der Waals surface area contributed by atoms with Crippen molar-refractivity contribution in [3.8, 4) is 0 Å². The van der Waals surface area contributed by atoms with Crippen molar-refractivity contribution in [3.63, 3.8) is 0 Å². The Hall–Kier alpha value is -2.54. The van der Waals surface area contributed by atoms with Crippen LogP contribution in [0.5, 0.6) is 0 Å². The molecule has 12 heteroatoms. The number of carbonyl (C=O) groups is 1. The van der Waals surface area contributed by atoms with Crippen LogP contribution in [-0.4, -0.2) is 71.9 Å². The van der Waals surface area contributed by atoms with E-state index in [0.717, 1.165) is 24.6 Å². The Morgan fingerprint density at radius 3 is 2.54 bits per heavy atom. The number of hydrogen-bond donors (Lipinski definition) is 4. The van der Waals surface area contributed by atoms with Crippen LogP contribution in [0.4, 0.5) is 11.6 Å². The predicted octanol–water partition coefficient (Wildman–Crippen LogP) is 1.80. The third-order valence-electron chi connectivity index (χ3n) is 7.21. The first-order valence-corrected chi connectivity index (χ1v) is 13.8. The summed E-state index contributed by atoms with van der Waals surface area (Å²) in [4.78, 5) is 21.5. The molecule has 190 valence electrons. The van der Waals surface area contributed by atoms with Gasteiger partial charge in [0.2, 0.25) is 10.0 Å². The monoisotopic (exact) mass is 503 g/mol. The molecule has 35 heavy (non-hydrogen) atoms. The first-order valence-electron chi connectivity index (χ1n) is 12.2. The number of methoxy groups -OCH3 is 1. The molecule has 0 aliphatic carbocycles. The summed E-state index contributed by atoms with van der Waals surface area (Å²) in [6.45, 7) is 3.81. The zero-order valence-electron chi connectivity index (χ0n) is 20.2. The third-order valence-corrected chi connectivity index (χ3v) is 9.18. The average molecular weight is 504 g/mol. The second-order valence-electron chi connectivity index (χ2n) is 9.69. The lowest BCUT2D eigenvalue weighted by atomic mass is 9.99. The summed E-state index contributed by atoms with van der Waals surface area (Å²) in [5, 5.41) is 7.70. The van der Waals surface area contributed by atoms with Gasteiger partial charge in [-0.05, 0) is 52.0 Å². The number of nitrogens with one attached hydrogen (secondary N) is 4. The largest absolute Gasteiger partial charge is 0.465 e. The lowest BCUT2D eigenvalue weighted by Gasteiger charge is -2.38. The number of fused-ring (bicyclic) bond motifs is 3. The molecule has 3 aliphatic rings. The Morgan fingerprint density at radius 1 is 1.17 bits per heavy atom. The molecule has 3 aliphatic heterocycles. The van der Waals surface area contributed by atoms with E-state index in [2.05, 4.69) is 33.4 Å². The maximum atomic E-state index is 12.6. The van der Waals surface area contributed by atoms with E-state index in [1.54, 1.807) is 17.3 Å². The highest BCUT2D eigenvalue weighted by Crippen LogP contribution is 2.39.